The van der Waals surface area contributed by atoms with Gasteiger partial charge in [0.15, 0.2) is 0 Å². The monoisotopic (exact) mass is 1520 g/mol. The van der Waals surface area contributed by atoms with Gasteiger partial charge in [-0.05, 0) is 0 Å². The molecule has 12 rings (SSSR count). The maximum atomic E-state index is 2.68. The van der Waals surface area contributed by atoms with E-state index in [1.54, 1.807) is 43.0 Å². The second kappa shape index (κ2) is 23.5. The minimum atomic E-state index is -5.71. The Bertz CT molecular complexity index is 2850. The molecule has 12 aromatic carbocycles. The second-order valence-corrected chi connectivity index (χ2v) is 340. The van der Waals surface area contributed by atoms with Crippen molar-refractivity contribution in [3.63, 3.8) is 0 Å². The Kier molecular flexibility index (Phi) is 16.0. The van der Waals surface area contributed by atoms with E-state index in [0.717, 1.165) is 0 Å². The summed E-state index contributed by atoms with van der Waals surface area (Å²) in [5.74, 6) is 0. The predicted octanol–water partition coefficient (Wildman–Crippen LogP) is 8.43. The van der Waals surface area contributed by atoms with Crippen molar-refractivity contribution in [3.8, 4) is 0 Å². The summed E-state index contributed by atoms with van der Waals surface area (Å²) in [4.78, 5) is 0. The van der Waals surface area contributed by atoms with Crippen LogP contribution in [0.5, 0.6) is 0 Å². The summed E-state index contributed by atoms with van der Waals surface area (Å²) in [5.41, 5.74) is 0. The number of rotatable bonds is 16. The molecule has 0 atom stereocenters. The van der Waals surface area contributed by atoms with E-state index in [1.165, 1.54) is 0 Å². The van der Waals surface area contributed by atoms with Crippen LogP contribution < -0.4 is 43.0 Å². The quantitative estimate of drug-likeness (QED) is 0.0854. The molecule has 0 bridgehead atoms. The molecule has 0 unspecified atom stereocenters. The molecule has 0 fully saturated rings. The van der Waals surface area contributed by atoms with Crippen molar-refractivity contribution < 1.29 is 0 Å². The molecule has 0 nitrogen and oxygen atoms in total. The molecular formula is C72H60Sn5. The van der Waals surface area contributed by atoms with Gasteiger partial charge in [-0.1, -0.05) is 0 Å². The first-order valence-corrected chi connectivity index (χ1v) is 88.1. The van der Waals surface area contributed by atoms with E-state index in [1.807, 2.05) is 0 Å². The first kappa shape index (κ1) is 52.3. The van der Waals surface area contributed by atoms with Crippen LogP contribution in [-0.4, -0.2) is 60.3 Å². The zero-order valence-electron chi connectivity index (χ0n) is 43.1. The summed E-state index contributed by atoms with van der Waals surface area (Å²) in [6.07, 6.45) is 0. The molecule has 0 saturated heterocycles. The van der Waals surface area contributed by atoms with E-state index < -0.39 is 60.3 Å². The van der Waals surface area contributed by atoms with E-state index in [-0.39, 0.29) is 0 Å². The Hall–Kier alpha value is -5.37. The van der Waals surface area contributed by atoms with Gasteiger partial charge in [-0.25, -0.2) is 0 Å². The molecule has 0 heterocycles. The van der Waals surface area contributed by atoms with E-state index in [2.05, 4.69) is 364 Å². The molecule has 0 aliphatic carbocycles. The number of hydrogen-bond acceptors (Lipinski definition) is 0. The minimum absolute atomic E-state index is 1.60. The second-order valence-electron chi connectivity index (χ2n) is 20.1. The van der Waals surface area contributed by atoms with Gasteiger partial charge in [-0.3, -0.25) is 0 Å². The molecule has 0 aliphatic rings. The van der Waals surface area contributed by atoms with Crippen LogP contribution in [0.3, 0.4) is 0 Å². The Labute approximate surface area is 460 Å². The summed E-state index contributed by atoms with van der Waals surface area (Å²) in [6.45, 7) is 0. The van der Waals surface area contributed by atoms with Crippen molar-refractivity contribution in [2.45, 2.75) is 0 Å². The van der Waals surface area contributed by atoms with Crippen molar-refractivity contribution in [1.29, 1.82) is 0 Å². The SMILES string of the molecule is c1cc[c]([Sn]([c]2ccccc2)([c]2ccccc2)[Sn]([Sn]([c]2ccccc2)([c]2ccccc2)[c]2ccccc2)([Sn]([c]2ccccc2)([c]2ccccc2)[c]2ccccc2)[Sn]([c]2ccccc2)([c]2ccccc2)[c]2ccccc2)cc1. The Morgan fingerprint density at radius 2 is 0.182 bits per heavy atom. The maximum absolute atomic E-state index is 5.71. The van der Waals surface area contributed by atoms with Crippen LogP contribution in [-0.2, 0) is 0 Å². The number of hydrogen-bond donors (Lipinski definition) is 0. The predicted molar refractivity (Wildman–Crippen MR) is 342 cm³/mol. The van der Waals surface area contributed by atoms with Crippen LogP contribution in [0.4, 0.5) is 0 Å². The van der Waals surface area contributed by atoms with Crippen LogP contribution in [0.15, 0.2) is 364 Å². The van der Waals surface area contributed by atoms with E-state index in [9.17, 15) is 0 Å². The van der Waals surface area contributed by atoms with Crippen LogP contribution >= 0.6 is 0 Å². The first-order valence-electron chi connectivity index (χ1n) is 26.9. The standard InChI is InChI=1S/12C6H5.5Sn/c12*1-2-4-6-5-3-1;;;;;/h12*1-5H;;;;;. The zero-order valence-corrected chi connectivity index (χ0v) is 57.4. The molecule has 0 N–H and O–H groups in total. The van der Waals surface area contributed by atoms with Gasteiger partial charge in [-0.15, -0.1) is 0 Å². The van der Waals surface area contributed by atoms with Gasteiger partial charge < -0.3 is 0 Å². The van der Waals surface area contributed by atoms with Gasteiger partial charge in [0.2, 0.25) is 0 Å². The van der Waals surface area contributed by atoms with Gasteiger partial charge in [0, 0.05) is 0 Å². The Morgan fingerprint density at radius 1 is 0.104 bits per heavy atom. The van der Waals surface area contributed by atoms with Crippen molar-refractivity contribution in [2.24, 2.45) is 0 Å². The molecule has 0 spiro atoms. The van der Waals surface area contributed by atoms with Gasteiger partial charge in [0.05, 0.1) is 0 Å². The molecular weight excluding hydrogens is 1460 g/mol. The third kappa shape index (κ3) is 8.43. The van der Waals surface area contributed by atoms with Crippen LogP contribution in [0.1, 0.15) is 0 Å². The van der Waals surface area contributed by atoms with E-state index >= 15 is 0 Å². The fraction of sp³-hybridized carbons (Fsp3) is 0. The summed E-state index contributed by atoms with van der Waals surface area (Å²) >= 11 is -21.3. The summed E-state index contributed by atoms with van der Waals surface area (Å²) in [7, 11) is 0. The molecule has 5 heteroatoms. The van der Waals surface area contributed by atoms with Crippen LogP contribution in [0.25, 0.3) is 0 Å². The fourth-order valence-electron chi connectivity index (χ4n) is 14.5. The van der Waals surface area contributed by atoms with Crippen molar-refractivity contribution in [2.75, 3.05) is 0 Å². The molecule has 77 heavy (non-hydrogen) atoms. The number of benzene rings is 12. The van der Waals surface area contributed by atoms with Gasteiger partial charge in [0.25, 0.3) is 0 Å². The Balaban J connectivity index is 1.64. The molecule has 0 aromatic heterocycles. The van der Waals surface area contributed by atoms with Gasteiger partial charge >= 0.3 is 467 Å². The van der Waals surface area contributed by atoms with Crippen molar-refractivity contribution >= 4 is 103 Å². The van der Waals surface area contributed by atoms with Crippen molar-refractivity contribution in [3.05, 3.63) is 364 Å². The average Bonchev–Trinajstić information content (AvgIpc) is 3.71. The average molecular weight is 1520 g/mol. The molecule has 0 amide bonds. The normalized spacial score (nSPS) is 12.2. The van der Waals surface area contributed by atoms with Crippen molar-refractivity contribution in [1.82, 2.24) is 0 Å². The summed E-state index contributed by atoms with van der Waals surface area (Å²) in [6, 6.07) is 150. The van der Waals surface area contributed by atoms with E-state index in [0.29, 0.717) is 0 Å². The third-order valence-corrected chi connectivity index (χ3v) is 801. The zero-order chi connectivity index (χ0) is 51.9. The Morgan fingerprint density at radius 3 is 0.260 bits per heavy atom. The summed E-state index contributed by atoms with van der Waals surface area (Å²) < 4.78 is 13.5. The van der Waals surface area contributed by atoms with Crippen LogP contribution in [0, 0.1) is 0 Å². The van der Waals surface area contributed by atoms with Gasteiger partial charge in [0.1, 0.15) is 0 Å². The molecule has 368 valence electrons. The van der Waals surface area contributed by atoms with E-state index in [4.69, 9.17) is 0 Å². The first-order chi connectivity index (χ1) is 38.3. The third-order valence-electron chi connectivity index (χ3n) is 16.7. The molecule has 0 radical (unpaired) electrons. The molecule has 0 saturated carbocycles. The topological polar surface area (TPSA) is 0 Å². The fourth-order valence-corrected chi connectivity index (χ4v) is 1380. The molecule has 0 aliphatic heterocycles. The van der Waals surface area contributed by atoms with Gasteiger partial charge in [-0.2, -0.15) is 0 Å². The summed E-state index contributed by atoms with van der Waals surface area (Å²) in [5, 5.41) is 0. The van der Waals surface area contributed by atoms with Crippen LogP contribution in [0.2, 0.25) is 0 Å². The molecule has 12 aromatic rings.